The summed E-state index contributed by atoms with van der Waals surface area (Å²) in [6.07, 6.45) is 0. The lowest BCUT2D eigenvalue weighted by Gasteiger charge is -2.05. The van der Waals surface area contributed by atoms with E-state index in [2.05, 4.69) is 24.4 Å². The molecule has 0 aliphatic heterocycles. The Bertz CT molecular complexity index is 169. The molecule has 1 heterocycles. The van der Waals surface area contributed by atoms with Crippen LogP contribution in [0.2, 0.25) is 0 Å². The minimum atomic E-state index is 0.546. The summed E-state index contributed by atoms with van der Waals surface area (Å²) in [5.74, 6) is 0.546. The Morgan fingerprint density at radius 3 is 3.00 bits per heavy atom. The monoisotopic (exact) mass is 156 g/mol. The first-order valence-corrected chi connectivity index (χ1v) is 4.25. The zero-order valence-electron chi connectivity index (χ0n) is 6.33. The molecule has 2 heteroatoms. The van der Waals surface area contributed by atoms with E-state index in [-0.39, 0.29) is 0 Å². The first kappa shape index (κ1) is 7.76. The van der Waals surface area contributed by atoms with Crippen LogP contribution in [0.4, 0.5) is 0 Å². The van der Waals surface area contributed by atoms with Crippen molar-refractivity contribution in [3.05, 3.63) is 22.4 Å². The molecule has 1 rings (SSSR count). The van der Waals surface area contributed by atoms with Crippen molar-refractivity contribution in [2.24, 2.45) is 0 Å². The smallest absolute Gasteiger partial charge is 0.0536 e. The first-order valence-electron chi connectivity index (χ1n) is 3.37. The van der Waals surface area contributed by atoms with E-state index in [1.807, 2.05) is 0 Å². The molecule has 0 radical (unpaired) electrons. The van der Waals surface area contributed by atoms with Gasteiger partial charge in [-0.05, 0) is 11.4 Å². The zero-order valence-corrected chi connectivity index (χ0v) is 7.15. The highest BCUT2D eigenvalue weighted by atomic mass is 32.1. The molecule has 0 fully saturated rings. The summed E-state index contributed by atoms with van der Waals surface area (Å²) in [4.78, 5) is 1.40. The van der Waals surface area contributed by atoms with Crippen molar-refractivity contribution in [3.63, 3.8) is 0 Å². The van der Waals surface area contributed by atoms with Crippen LogP contribution in [0.5, 0.6) is 0 Å². The summed E-state index contributed by atoms with van der Waals surface area (Å²) in [5, 5.41) is 2.10. The van der Waals surface area contributed by atoms with Gasteiger partial charge in [-0.1, -0.05) is 13.0 Å². The van der Waals surface area contributed by atoms with Gasteiger partial charge in [-0.3, -0.25) is 0 Å². The van der Waals surface area contributed by atoms with Crippen molar-refractivity contribution in [2.75, 3.05) is 13.7 Å². The van der Waals surface area contributed by atoms with E-state index in [4.69, 9.17) is 4.74 Å². The highest BCUT2D eigenvalue weighted by Gasteiger charge is 2.03. The molecule has 1 aromatic rings. The average molecular weight is 156 g/mol. The summed E-state index contributed by atoms with van der Waals surface area (Å²) >= 11 is 1.79. The molecule has 1 aromatic heterocycles. The van der Waals surface area contributed by atoms with Crippen LogP contribution in [-0.4, -0.2) is 13.7 Å². The third-order valence-corrected chi connectivity index (χ3v) is 2.55. The molecule has 0 saturated heterocycles. The Balaban J connectivity index is 2.50. The van der Waals surface area contributed by atoms with E-state index in [1.165, 1.54) is 4.88 Å². The standard InChI is InChI=1S/C8H12OS/c1-7(6-9-2)8-4-3-5-10-8/h3-5,7H,6H2,1-2H3. The Morgan fingerprint density at radius 1 is 1.70 bits per heavy atom. The largest absolute Gasteiger partial charge is 0.384 e. The lowest BCUT2D eigenvalue weighted by molar-refractivity contribution is 0.185. The average Bonchev–Trinajstić information content (AvgIpc) is 2.38. The molecular formula is C8H12OS. The van der Waals surface area contributed by atoms with E-state index in [0.29, 0.717) is 5.92 Å². The number of rotatable bonds is 3. The molecule has 0 aromatic carbocycles. The lowest BCUT2D eigenvalue weighted by atomic mass is 10.1. The normalized spacial score (nSPS) is 13.4. The molecule has 0 N–H and O–H groups in total. The van der Waals surface area contributed by atoms with Crippen molar-refractivity contribution in [2.45, 2.75) is 12.8 Å². The van der Waals surface area contributed by atoms with E-state index in [0.717, 1.165) is 6.61 Å². The number of ether oxygens (including phenoxy) is 1. The Kier molecular flexibility index (Phi) is 2.90. The minimum absolute atomic E-state index is 0.546. The molecule has 1 atom stereocenters. The SMILES string of the molecule is COCC(C)c1cccs1. The maximum absolute atomic E-state index is 5.03. The summed E-state index contributed by atoms with van der Waals surface area (Å²) < 4.78 is 5.03. The second-order valence-electron chi connectivity index (χ2n) is 2.37. The third-order valence-electron chi connectivity index (χ3n) is 1.45. The summed E-state index contributed by atoms with van der Waals surface area (Å²) in [6, 6.07) is 4.22. The highest BCUT2D eigenvalue weighted by molar-refractivity contribution is 7.10. The summed E-state index contributed by atoms with van der Waals surface area (Å²) in [5.41, 5.74) is 0. The molecule has 0 aliphatic carbocycles. The van der Waals surface area contributed by atoms with Crippen molar-refractivity contribution in [1.82, 2.24) is 0 Å². The molecule has 0 aliphatic rings. The molecule has 1 unspecified atom stereocenters. The van der Waals surface area contributed by atoms with E-state index in [9.17, 15) is 0 Å². The quantitative estimate of drug-likeness (QED) is 0.653. The second-order valence-corrected chi connectivity index (χ2v) is 3.35. The van der Waals surface area contributed by atoms with Crippen molar-refractivity contribution in [3.8, 4) is 0 Å². The van der Waals surface area contributed by atoms with Crippen molar-refractivity contribution >= 4 is 11.3 Å². The molecule has 10 heavy (non-hydrogen) atoms. The van der Waals surface area contributed by atoms with Crippen LogP contribution >= 0.6 is 11.3 Å². The topological polar surface area (TPSA) is 9.23 Å². The first-order chi connectivity index (χ1) is 4.84. The lowest BCUT2D eigenvalue weighted by Crippen LogP contribution is -1.98. The van der Waals surface area contributed by atoms with Crippen LogP contribution in [0.3, 0.4) is 0 Å². The van der Waals surface area contributed by atoms with Gasteiger partial charge in [0.25, 0.3) is 0 Å². The predicted octanol–water partition coefficient (Wildman–Crippen LogP) is 2.50. The van der Waals surface area contributed by atoms with E-state index < -0.39 is 0 Å². The number of methoxy groups -OCH3 is 1. The molecule has 0 bridgehead atoms. The fourth-order valence-corrected chi connectivity index (χ4v) is 1.68. The van der Waals surface area contributed by atoms with Crippen LogP contribution in [-0.2, 0) is 4.74 Å². The van der Waals surface area contributed by atoms with Gasteiger partial charge in [0, 0.05) is 17.9 Å². The molecule has 0 spiro atoms. The summed E-state index contributed by atoms with van der Waals surface area (Å²) in [6.45, 7) is 3.00. The van der Waals surface area contributed by atoms with Gasteiger partial charge in [-0.2, -0.15) is 0 Å². The van der Waals surface area contributed by atoms with Crippen LogP contribution in [0.1, 0.15) is 17.7 Å². The number of hydrogen-bond donors (Lipinski definition) is 0. The van der Waals surface area contributed by atoms with Gasteiger partial charge >= 0.3 is 0 Å². The summed E-state index contributed by atoms with van der Waals surface area (Å²) in [7, 11) is 1.74. The third kappa shape index (κ3) is 1.82. The fourth-order valence-electron chi connectivity index (χ4n) is 0.904. The number of thiophene rings is 1. The van der Waals surface area contributed by atoms with Crippen molar-refractivity contribution in [1.29, 1.82) is 0 Å². The predicted molar refractivity (Wildman–Crippen MR) is 44.6 cm³/mol. The second kappa shape index (κ2) is 3.74. The van der Waals surface area contributed by atoms with Crippen molar-refractivity contribution < 1.29 is 4.74 Å². The Morgan fingerprint density at radius 2 is 2.50 bits per heavy atom. The maximum Gasteiger partial charge on any atom is 0.0536 e. The number of hydrogen-bond acceptors (Lipinski definition) is 2. The maximum atomic E-state index is 5.03. The zero-order chi connectivity index (χ0) is 7.40. The van der Waals surface area contributed by atoms with Gasteiger partial charge in [0.15, 0.2) is 0 Å². The van der Waals surface area contributed by atoms with Crippen LogP contribution in [0.15, 0.2) is 17.5 Å². The molecule has 0 saturated carbocycles. The van der Waals surface area contributed by atoms with E-state index >= 15 is 0 Å². The Hall–Kier alpha value is -0.340. The Labute approximate surface area is 65.6 Å². The van der Waals surface area contributed by atoms with E-state index in [1.54, 1.807) is 18.4 Å². The van der Waals surface area contributed by atoms with Gasteiger partial charge in [-0.15, -0.1) is 11.3 Å². The fraction of sp³-hybridized carbons (Fsp3) is 0.500. The molecule has 1 nitrogen and oxygen atoms in total. The van der Waals surface area contributed by atoms with Crippen LogP contribution in [0.25, 0.3) is 0 Å². The van der Waals surface area contributed by atoms with Crippen LogP contribution < -0.4 is 0 Å². The van der Waals surface area contributed by atoms with Gasteiger partial charge in [0.05, 0.1) is 6.61 Å². The molecular weight excluding hydrogens is 144 g/mol. The van der Waals surface area contributed by atoms with Gasteiger partial charge in [0.2, 0.25) is 0 Å². The van der Waals surface area contributed by atoms with Gasteiger partial charge in [0.1, 0.15) is 0 Å². The molecule has 56 valence electrons. The molecule has 0 amide bonds. The van der Waals surface area contributed by atoms with Gasteiger partial charge in [-0.25, -0.2) is 0 Å². The van der Waals surface area contributed by atoms with Gasteiger partial charge < -0.3 is 4.74 Å². The minimum Gasteiger partial charge on any atom is -0.384 e. The van der Waals surface area contributed by atoms with Crippen LogP contribution in [0, 0.1) is 0 Å². The highest BCUT2D eigenvalue weighted by Crippen LogP contribution is 2.20.